The number of carboxylic acids is 1. The first-order valence-electron chi connectivity index (χ1n) is 17.6. The largest absolute Gasteiger partial charge is 0.477 e. The zero-order valence-electron chi connectivity index (χ0n) is 30.3. The first kappa shape index (κ1) is 46.3. The molecule has 4 rings (SSSR count). The van der Waals surface area contributed by atoms with E-state index in [1.807, 2.05) is 0 Å². The fourth-order valence-corrected chi connectivity index (χ4v) is 6.86. The van der Waals surface area contributed by atoms with Crippen LogP contribution in [-0.4, -0.2) is 232 Å². The summed E-state index contributed by atoms with van der Waals surface area (Å²) < 4.78 is 39.2. The van der Waals surface area contributed by atoms with Gasteiger partial charge in [0.2, 0.25) is 11.8 Å². The topological polar surface area (TPSA) is 403 Å². The van der Waals surface area contributed by atoms with E-state index < -0.39 is 172 Å². The van der Waals surface area contributed by atoms with Crippen molar-refractivity contribution in [3.63, 3.8) is 0 Å². The predicted octanol–water partition coefficient (Wildman–Crippen LogP) is -9.23. The number of aliphatic hydroxyl groups is 12. The number of carboxylic acid groups (broad SMARTS) is 1. The number of amides is 2. The van der Waals surface area contributed by atoms with E-state index in [4.69, 9.17) is 33.2 Å². The molecule has 0 aromatic carbocycles. The van der Waals surface area contributed by atoms with Crippen molar-refractivity contribution in [3.05, 3.63) is 0 Å². The molecule has 4 aliphatic heterocycles. The van der Waals surface area contributed by atoms with E-state index in [0.29, 0.717) is 0 Å². The Morgan fingerprint density at radius 3 is 1.93 bits per heavy atom. The third kappa shape index (κ3) is 9.91. The van der Waals surface area contributed by atoms with Gasteiger partial charge in [0.1, 0.15) is 85.4 Å². The van der Waals surface area contributed by atoms with Gasteiger partial charge in [-0.1, -0.05) is 0 Å². The molecule has 2 amide bonds. The minimum atomic E-state index is -2.91. The lowest BCUT2D eigenvalue weighted by molar-refractivity contribution is -0.381. The average molecular weight is 821 g/mol. The SMILES string of the molecule is CC(=O)N[C@H]1[C@H]([C@H](O)[C@H](O)CO)O[C@@](OC[C@H]2OC(O)[C@H](NC(C)=O)[C@@H](O[C@@H]3O[C@H](CO)[C@H](O)[C@H](O)[C@H]3O[C@@H]3O[C@@H](C)[C@@H](O)[C@@H](O)[C@@H]3O)[C@H]2O)(C(=O)O)C[C@@H]1O. The van der Waals surface area contributed by atoms with Gasteiger partial charge in [0.15, 0.2) is 18.9 Å². The molecule has 1 unspecified atom stereocenters. The Kier molecular flexibility index (Phi) is 15.8. The van der Waals surface area contributed by atoms with E-state index in [0.717, 1.165) is 13.8 Å². The number of ether oxygens (including phenoxy) is 7. The van der Waals surface area contributed by atoms with Crippen LogP contribution in [0.15, 0.2) is 0 Å². The number of aliphatic carboxylic acids is 1. The third-order valence-corrected chi connectivity index (χ3v) is 9.95. The van der Waals surface area contributed by atoms with Crippen molar-refractivity contribution in [2.75, 3.05) is 19.8 Å². The van der Waals surface area contributed by atoms with Crippen LogP contribution in [0, 0.1) is 0 Å². The molecule has 0 bridgehead atoms. The Bertz CT molecular complexity index is 1330. The number of carbonyl (C=O) groups excluding carboxylic acids is 2. The van der Waals surface area contributed by atoms with Crippen LogP contribution in [0.25, 0.3) is 0 Å². The molecule has 4 heterocycles. The van der Waals surface area contributed by atoms with Crippen LogP contribution in [0.4, 0.5) is 0 Å². The van der Waals surface area contributed by atoms with Crippen LogP contribution in [0.5, 0.6) is 0 Å². The van der Waals surface area contributed by atoms with Gasteiger partial charge in [0.25, 0.3) is 5.79 Å². The van der Waals surface area contributed by atoms with Gasteiger partial charge >= 0.3 is 5.97 Å². The summed E-state index contributed by atoms with van der Waals surface area (Å²) in [5, 5.41) is 141. The fraction of sp³-hybridized carbons (Fsp3) is 0.903. The highest BCUT2D eigenvalue weighted by atomic mass is 16.8. The van der Waals surface area contributed by atoms with Gasteiger partial charge in [-0.3, -0.25) is 9.59 Å². The molecule has 4 aliphatic rings. The van der Waals surface area contributed by atoms with Crippen LogP contribution in [0.3, 0.4) is 0 Å². The fourth-order valence-electron chi connectivity index (χ4n) is 6.86. The monoisotopic (exact) mass is 820 g/mol. The smallest absolute Gasteiger partial charge is 0.364 e. The number of nitrogens with one attached hydrogen (secondary N) is 2. The molecule has 25 heteroatoms. The third-order valence-electron chi connectivity index (χ3n) is 9.95. The molecule has 25 nitrogen and oxygen atoms in total. The van der Waals surface area contributed by atoms with Crippen LogP contribution in [0.1, 0.15) is 27.2 Å². The molecule has 0 spiro atoms. The highest BCUT2D eigenvalue weighted by molar-refractivity contribution is 5.76. The van der Waals surface area contributed by atoms with Gasteiger partial charge in [-0.15, -0.1) is 0 Å². The molecule has 0 aromatic heterocycles. The van der Waals surface area contributed by atoms with E-state index in [1.54, 1.807) is 0 Å². The quantitative estimate of drug-likeness (QED) is 0.0773. The van der Waals surface area contributed by atoms with Gasteiger partial charge < -0.3 is 110 Å². The van der Waals surface area contributed by atoms with Crippen LogP contribution in [-0.2, 0) is 47.5 Å². The number of carbonyl (C=O) groups is 3. The lowest BCUT2D eigenvalue weighted by atomic mass is 9.88. The van der Waals surface area contributed by atoms with Gasteiger partial charge in [0, 0.05) is 20.3 Å². The summed E-state index contributed by atoms with van der Waals surface area (Å²) in [6, 6.07) is -3.22. The average Bonchev–Trinajstić information content (AvgIpc) is 3.14. The maximum atomic E-state index is 12.7. The highest BCUT2D eigenvalue weighted by Crippen LogP contribution is 2.36. The van der Waals surface area contributed by atoms with Crippen molar-refractivity contribution >= 4 is 17.8 Å². The van der Waals surface area contributed by atoms with Crippen molar-refractivity contribution in [3.8, 4) is 0 Å². The lowest BCUT2D eigenvalue weighted by Gasteiger charge is -2.49. The second kappa shape index (κ2) is 19.1. The van der Waals surface area contributed by atoms with Crippen molar-refractivity contribution in [2.45, 2.75) is 155 Å². The van der Waals surface area contributed by atoms with Gasteiger partial charge in [0.05, 0.1) is 38.1 Å². The standard InChI is InChI=1S/C31H52N2O23/c1-8-17(40)21(44)23(46)28(51-8)55-26-22(45)19(42)13(6-35)53-29(26)54-24-16(33-10(3)37)27(47)52-14(20(24)43)7-50-31(30(48)49)4-11(38)15(32-9(2)36)25(56-31)18(41)12(39)5-34/h8,11-29,34-35,38-47H,4-7H2,1-3H3,(H,32,36)(H,33,37)(H,48,49)/t8-,11-,12+,13+,14+,15+,16+,17+,18+,19-,20-,21+,22-,23-,24+,25+,26+,27?,28-,29-,31+/m0/s1. The van der Waals surface area contributed by atoms with Crippen LogP contribution < -0.4 is 10.6 Å². The Hall–Kier alpha value is -2.35. The zero-order chi connectivity index (χ0) is 42.0. The molecule has 0 radical (unpaired) electrons. The molecular weight excluding hydrogens is 768 g/mol. The van der Waals surface area contributed by atoms with E-state index in [-0.39, 0.29) is 0 Å². The molecule has 4 saturated heterocycles. The van der Waals surface area contributed by atoms with Crippen molar-refractivity contribution in [1.29, 1.82) is 0 Å². The second-order valence-corrected chi connectivity index (χ2v) is 14.1. The molecule has 0 aromatic rings. The number of hydrogen-bond acceptors (Lipinski definition) is 22. The first-order chi connectivity index (χ1) is 26.2. The van der Waals surface area contributed by atoms with E-state index in [2.05, 4.69) is 10.6 Å². The summed E-state index contributed by atoms with van der Waals surface area (Å²) >= 11 is 0. The van der Waals surface area contributed by atoms with Gasteiger partial charge in [-0.25, -0.2) is 4.79 Å². The molecular formula is C31H52N2O23. The molecule has 324 valence electrons. The van der Waals surface area contributed by atoms with E-state index >= 15 is 0 Å². The van der Waals surface area contributed by atoms with Crippen LogP contribution in [0.2, 0.25) is 0 Å². The Morgan fingerprint density at radius 1 is 0.750 bits per heavy atom. The van der Waals surface area contributed by atoms with E-state index in [1.165, 1.54) is 6.92 Å². The van der Waals surface area contributed by atoms with Crippen molar-refractivity contribution in [2.24, 2.45) is 0 Å². The zero-order valence-corrected chi connectivity index (χ0v) is 30.3. The van der Waals surface area contributed by atoms with Crippen LogP contribution >= 0.6 is 0 Å². The lowest BCUT2D eigenvalue weighted by Crippen LogP contribution is -2.70. The second-order valence-electron chi connectivity index (χ2n) is 14.1. The molecule has 56 heavy (non-hydrogen) atoms. The number of aliphatic hydroxyl groups excluding tert-OH is 12. The summed E-state index contributed by atoms with van der Waals surface area (Å²) in [5.41, 5.74) is 0. The van der Waals surface area contributed by atoms with E-state index in [9.17, 15) is 80.8 Å². The summed E-state index contributed by atoms with van der Waals surface area (Å²) in [5.74, 6) is -6.38. The van der Waals surface area contributed by atoms with Crippen molar-refractivity contribution < 1.29 is 114 Å². The Balaban J connectivity index is 1.63. The van der Waals surface area contributed by atoms with Gasteiger partial charge in [-0.2, -0.15) is 0 Å². The molecule has 15 N–H and O–H groups in total. The minimum Gasteiger partial charge on any atom is -0.477 e. The normalized spacial score (nSPS) is 45.7. The number of rotatable bonds is 14. The summed E-state index contributed by atoms with van der Waals surface area (Å²) in [4.78, 5) is 36.7. The summed E-state index contributed by atoms with van der Waals surface area (Å²) in [6.07, 6.45) is -34.2. The molecule has 0 saturated carbocycles. The summed E-state index contributed by atoms with van der Waals surface area (Å²) in [6.45, 7) is 0.379. The molecule has 21 atom stereocenters. The minimum absolute atomic E-state index is 0.750. The summed E-state index contributed by atoms with van der Waals surface area (Å²) in [7, 11) is 0. The maximum Gasteiger partial charge on any atom is 0.364 e. The molecule has 4 fully saturated rings. The van der Waals surface area contributed by atoms with Gasteiger partial charge in [-0.05, 0) is 6.92 Å². The highest BCUT2D eigenvalue weighted by Gasteiger charge is 2.58. The Morgan fingerprint density at radius 2 is 1.36 bits per heavy atom. The molecule has 0 aliphatic carbocycles. The predicted molar refractivity (Wildman–Crippen MR) is 173 cm³/mol. The Labute approximate surface area is 317 Å². The van der Waals surface area contributed by atoms with Crippen molar-refractivity contribution in [1.82, 2.24) is 10.6 Å². The first-order valence-corrected chi connectivity index (χ1v) is 17.6. The maximum absolute atomic E-state index is 12.7. The number of hydrogen-bond donors (Lipinski definition) is 15.